The number of ether oxygens (including phenoxy) is 8. The predicted octanol–water partition coefficient (Wildman–Crippen LogP) is 2.74. The molecule has 0 N–H and O–H groups in total. The van der Waals surface area contributed by atoms with Crippen molar-refractivity contribution in [3.8, 4) is 0 Å². The smallest absolute Gasteiger partial charge is 0.163 e. The van der Waals surface area contributed by atoms with Gasteiger partial charge in [0.25, 0.3) is 0 Å². The Morgan fingerprint density at radius 2 is 1.09 bits per heavy atom. The summed E-state index contributed by atoms with van der Waals surface area (Å²) < 4.78 is 48.9. The van der Waals surface area contributed by atoms with Gasteiger partial charge in [0.15, 0.2) is 11.6 Å². The molecule has 9 nitrogen and oxygen atoms in total. The van der Waals surface area contributed by atoms with E-state index in [9.17, 15) is 0 Å². The second-order valence-electron chi connectivity index (χ2n) is 11.0. The fraction of sp³-hybridized carbons (Fsp3) is 1.00. The highest BCUT2D eigenvalue weighted by Crippen LogP contribution is 2.32. The zero-order chi connectivity index (χ0) is 24.7. The van der Waals surface area contributed by atoms with Crippen LogP contribution in [0.5, 0.6) is 0 Å². The molecular weight excluding hydrogens is 454 g/mol. The molecular formula is C26H47NO8. The Hall–Kier alpha value is -0.360. The molecule has 3 aliphatic heterocycles. The monoisotopic (exact) mass is 501 g/mol. The second kappa shape index (κ2) is 12.9. The molecule has 4 aliphatic rings. The highest BCUT2D eigenvalue weighted by Gasteiger charge is 2.48. The molecule has 0 radical (unpaired) electrons. The van der Waals surface area contributed by atoms with Gasteiger partial charge in [0, 0.05) is 19.1 Å². The van der Waals surface area contributed by atoms with Crippen molar-refractivity contribution in [3.63, 3.8) is 0 Å². The summed E-state index contributed by atoms with van der Waals surface area (Å²) in [5.41, 5.74) is 0. The standard InChI is InChI=1S/C26H47NO8/c1-25(2)32-18-21(34-25)23-24(22-19-33-26(3,4)35-22)31-17-15-29-13-11-27(10-12-28-14-16-30-23)20-8-6-5-7-9-20/h20-24H,5-19H2,1-4H3. The first-order chi connectivity index (χ1) is 16.8. The molecule has 204 valence electrons. The minimum Gasteiger partial charge on any atom is -0.378 e. The van der Waals surface area contributed by atoms with E-state index in [0.29, 0.717) is 58.9 Å². The summed E-state index contributed by atoms with van der Waals surface area (Å²) in [7, 11) is 0. The molecule has 4 rings (SSSR count). The van der Waals surface area contributed by atoms with Gasteiger partial charge in [0.2, 0.25) is 0 Å². The Kier molecular flexibility index (Phi) is 10.2. The molecule has 1 aliphatic carbocycles. The molecule has 3 saturated heterocycles. The van der Waals surface area contributed by atoms with E-state index in [1.165, 1.54) is 32.1 Å². The van der Waals surface area contributed by atoms with E-state index in [1.807, 2.05) is 27.7 Å². The van der Waals surface area contributed by atoms with E-state index in [-0.39, 0.29) is 24.4 Å². The Balaban J connectivity index is 1.41. The quantitative estimate of drug-likeness (QED) is 0.580. The van der Waals surface area contributed by atoms with E-state index in [2.05, 4.69) is 4.90 Å². The summed E-state index contributed by atoms with van der Waals surface area (Å²) in [6.07, 6.45) is 5.22. The summed E-state index contributed by atoms with van der Waals surface area (Å²) in [6, 6.07) is 0.638. The lowest BCUT2D eigenvalue weighted by Gasteiger charge is -2.34. The van der Waals surface area contributed by atoms with Gasteiger partial charge in [-0.05, 0) is 40.5 Å². The van der Waals surface area contributed by atoms with Crippen molar-refractivity contribution in [2.45, 2.75) is 102 Å². The molecule has 0 aromatic carbocycles. The normalized spacial score (nSPS) is 37.0. The van der Waals surface area contributed by atoms with Gasteiger partial charge in [0.1, 0.15) is 24.4 Å². The number of hydrogen-bond acceptors (Lipinski definition) is 9. The zero-order valence-corrected chi connectivity index (χ0v) is 22.2. The number of rotatable bonds is 3. The van der Waals surface area contributed by atoms with Gasteiger partial charge in [0.05, 0.1) is 52.9 Å². The lowest BCUT2D eigenvalue weighted by atomic mass is 9.94. The average Bonchev–Trinajstić information content (AvgIpc) is 3.37. The molecule has 0 spiro atoms. The first kappa shape index (κ1) is 27.7. The zero-order valence-electron chi connectivity index (χ0n) is 22.2. The average molecular weight is 502 g/mol. The summed E-state index contributed by atoms with van der Waals surface area (Å²) in [6.45, 7) is 13.7. The van der Waals surface area contributed by atoms with Crippen LogP contribution in [0.2, 0.25) is 0 Å². The van der Waals surface area contributed by atoms with Crippen LogP contribution in [0.3, 0.4) is 0 Å². The van der Waals surface area contributed by atoms with E-state index in [0.717, 1.165) is 13.1 Å². The summed E-state index contributed by atoms with van der Waals surface area (Å²) in [4.78, 5) is 2.55. The van der Waals surface area contributed by atoms with E-state index >= 15 is 0 Å². The third kappa shape index (κ3) is 8.32. The topological polar surface area (TPSA) is 77.1 Å². The molecule has 4 unspecified atom stereocenters. The van der Waals surface area contributed by atoms with Gasteiger partial charge in [-0.1, -0.05) is 19.3 Å². The van der Waals surface area contributed by atoms with Crippen molar-refractivity contribution < 1.29 is 37.9 Å². The van der Waals surface area contributed by atoms with Gasteiger partial charge in [-0.3, -0.25) is 4.90 Å². The van der Waals surface area contributed by atoms with Crippen molar-refractivity contribution in [2.75, 3.05) is 65.9 Å². The fourth-order valence-electron chi connectivity index (χ4n) is 5.56. The molecule has 0 aromatic heterocycles. The molecule has 1 saturated carbocycles. The Bertz CT molecular complexity index is 582. The summed E-state index contributed by atoms with van der Waals surface area (Å²) >= 11 is 0. The molecule has 9 heteroatoms. The maximum Gasteiger partial charge on any atom is 0.163 e. The molecule has 35 heavy (non-hydrogen) atoms. The van der Waals surface area contributed by atoms with Crippen molar-refractivity contribution in [3.05, 3.63) is 0 Å². The first-order valence-electron chi connectivity index (χ1n) is 13.6. The Labute approximate surface area is 211 Å². The van der Waals surface area contributed by atoms with Crippen LogP contribution in [0.4, 0.5) is 0 Å². The predicted molar refractivity (Wildman–Crippen MR) is 129 cm³/mol. The van der Waals surface area contributed by atoms with Crippen LogP contribution in [0.1, 0.15) is 59.8 Å². The van der Waals surface area contributed by atoms with Crippen molar-refractivity contribution in [1.82, 2.24) is 4.90 Å². The minimum absolute atomic E-state index is 0.277. The van der Waals surface area contributed by atoms with Gasteiger partial charge >= 0.3 is 0 Å². The highest BCUT2D eigenvalue weighted by atomic mass is 16.8. The molecule has 0 amide bonds. The van der Waals surface area contributed by atoms with Crippen molar-refractivity contribution in [1.29, 1.82) is 0 Å². The van der Waals surface area contributed by atoms with Crippen molar-refractivity contribution >= 4 is 0 Å². The lowest BCUT2D eigenvalue weighted by Crippen LogP contribution is -2.51. The van der Waals surface area contributed by atoms with Crippen LogP contribution in [-0.4, -0.2) is 113 Å². The van der Waals surface area contributed by atoms with Crippen LogP contribution in [-0.2, 0) is 37.9 Å². The van der Waals surface area contributed by atoms with Gasteiger partial charge in [-0.25, -0.2) is 0 Å². The maximum atomic E-state index is 6.39. The SMILES string of the molecule is CC1(C)OCC(C2OCCOCCN(C3CCCCC3)CCOCCOC2C2COC(C)(C)O2)O1. The number of hydrogen-bond donors (Lipinski definition) is 0. The molecule has 0 aromatic rings. The van der Waals surface area contributed by atoms with E-state index in [1.54, 1.807) is 0 Å². The van der Waals surface area contributed by atoms with Crippen LogP contribution in [0.15, 0.2) is 0 Å². The Morgan fingerprint density at radius 3 is 1.51 bits per heavy atom. The van der Waals surface area contributed by atoms with E-state index < -0.39 is 11.6 Å². The first-order valence-corrected chi connectivity index (χ1v) is 13.6. The highest BCUT2D eigenvalue weighted by molar-refractivity contribution is 4.91. The third-order valence-corrected chi connectivity index (χ3v) is 7.33. The fourth-order valence-corrected chi connectivity index (χ4v) is 5.56. The van der Waals surface area contributed by atoms with Crippen molar-refractivity contribution in [2.24, 2.45) is 0 Å². The van der Waals surface area contributed by atoms with Crippen LogP contribution in [0, 0.1) is 0 Å². The maximum absolute atomic E-state index is 6.39. The number of nitrogens with zero attached hydrogens (tertiary/aromatic N) is 1. The molecule has 4 atom stereocenters. The largest absolute Gasteiger partial charge is 0.378 e. The van der Waals surface area contributed by atoms with Gasteiger partial charge in [-0.2, -0.15) is 0 Å². The lowest BCUT2D eigenvalue weighted by molar-refractivity contribution is -0.207. The van der Waals surface area contributed by atoms with Crippen LogP contribution < -0.4 is 0 Å². The summed E-state index contributed by atoms with van der Waals surface area (Å²) in [5, 5.41) is 0. The molecule has 4 fully saturated rings. The third-order valence-electron chi connectivity index (χ3n) is 7.33. The van der Waals surface area contributed by atoms with Gasteiger partial charge < -0.3 is 37.9 Å². The van der Waals surface area contributed by atoms with Crippen LogP contribution >= 0.6 is 0 Å². The summed E-state index contributed by atoms with van der Waals surface area (Å²) in [5.74, 6) is -1.33. The van der Waals surface area contributed by atoms with Gasteiger partial charge in [-0.15, -0.1) is 0 Å². The van der Waals surface area contributed by atoms with Crippen LogP contribution in [0.25, 0.3) is 0 Å². The van der Waals surface area contributed by atoms with E-state index in [4.69, 9.17) is 37.9 Å². The second-order valence-corrected chi connectivity index (χ2v) is 11.0. The minimum atomic E-state index is -0.663. The molecule has 3 heterocycles. The molecule has 0 bridgehead atoms. The Morgan fingerprint density at radius 1 is 0.600 bits per heavy atom.